The minimum Gasteiger partial charge on any atom is -0.378 e. The lowest BCUT2D eigenvalue weighted by Crippen LogP contribution is -2.52. The predicted molar refractivity (Wildman–Crippen MR) is 106 cm³/mol. The summed E-state index contributed by atoms with van der Waals surface area (Å²) in [6, 6.07) is 5.24. The van der Waals surface area contributed by atoms with Gasteiger partial charge in [-0.3, -0.25) is 4.90 Å². The number of nitrogens with zero attached hydrogens (tertiary/aromatic N) is 4. The summed E-state index contributed by atoms with van der Waals surface area (Å²) in [4.78, 5) is 7.49. The molecule has 27 heavy (non-hydrogen) atoms. The molecule has 8 heteroatoms. The lowest BCUT2D eigenvalue weighted by Gasteiger charge is -2.41. The quantitative estimate of drug-likeness (QED) is 0.752. The standard InChI is InChI=1S/C19H30N4O3S/c1-6-9-23-17-8-7-15(27(24,25)21(4)5)12-16(17)20-18(23)13-22-10-11-26-14-19(22,2)3/h7-8,12H,6,9-11,13-14H2,1-5H3. The third kappa shape index (κ3) is 3.89. The van der Waals surface area contributed by atoms with Crippen LogP contribution in [0.4, 0.5) is 0 Å². The van der Waals surface area contributed by atoms with Crippen LogP contribution < -0.4 is 0 Å². The number of imidazole rings is 1. The van der Waals surface area contributed by atoms with Crippen LogP contribution in [0.1, 0.15) is 33.0 Å². The number of morpholine rings is 1. The Hall–Kier alpha value is -1.48. The Morgan fingerprint density at radius 1 is 1.30 bits per heavy atom. The Morgan fingerprint density at radius 3 is 2.67 bits per heavy atom. The van der Waals surface area contributed by atoms with Crippen molar-refractivity contribution in [3.63, 3.8) is 0 Å². The second-order valence-corrected chi connectivity index (χ2v) is 10.1. The molecular weight excluding hydrogens is 364 g/mol. The molecule has 1 aromatic carbocycles. The third-order valence-electron chi connectivity index (χ3n) is 5.17. The van der Waals surface area contributed by atoms with Gasteiger partial charge in [0, 0.05) is 32.7 Å². The molecule has 0 bridgehead atoms. The van der Waals surface area contributed by atoms with Gasteiger partial charge in [-0.1, -0.05) is 6.92 Å². The lowest BCUT2D eigenvalue weighted by atomic mass is 10.0. The second kappa shape index (κ2) is 7.50. The van der Waals surface area contributed by atoms with Crippen LogP contribution in [-0.2, 0) is 27.8 Å². The van der Waals surface area contributed by atoms with E-state index in [0.717, 1.165) is 49.5 Å². The topological polar surface area (TPSA) is 67.7 Å². The van der Waals surface area contributed by atoms with E-state index in [-0.39, 0.29) is 10.4 Å². The van der Waals surface area contributed by atoms with Crippen LogP contribution in [0.25, 0.3) is 11.0 Å². The van der Waals surface area contributed by atoms with Crippen LogP contribution in [0.3, 0.4) is 0 Å². The number of hydrogen-bond acceptors (Lipinski definition) is 5. The molecule has 1 saturated heterocycles. The Balaban J connectivity index is 2.03. The molecule has 3 rings (SSSR count). The fourth-order valence-corrected chi connectivity index (χ4v) is 4.40. The van der Waals surface area contributed by atoms with Gasteiger partial charge in [-0.15, -0.1) is 0 Å². The van der Waals surface area contributed by atoms with Crippen molar-refractivity contribution in [2.75, 3.05) is 33.9 Å². The van der Waals surface area contributed by atoms with Gasteiger partial charge < -0.3 is 9.30 Å². The van der Waals surface area contributed by atoms with E-state index in [0.29, 0.717) is 6.61 Å². The minimum absolute atomic E-state index is 0.0488. The molecule has 7 nitrogen and oxygen atoms in total. The van der Waals surface area contributed by atoms with E-state index in [1.165, 1.54) is 4.31 Å². The number of aromatic nitrogens is 2. The largest absolute Gasteiger partial charge is 0.378 e. The van der Waals surface area contributed by atoms with Crippen LogP contribution in [-0.4, -0.2) is 66.6 Å². The first-order valence-corrected chi connectivity index (χ1v) is 10.9. The van der Waals surface area contributed by atoms with Gasteiger partial charge in [0.1, 0.15) is 5.82 Å². The summed E-state index contributed by atoms with van der Waals surface area (Å²) >= 11 is 0. The number of ether oxygens (including phenoxy) is 1. The van der Waals surface area contributed by atoms with Gasteiger partial charge in [0.15, 0.2) is 0 Å². The van der Waals surface area contributed by atoms with Crippen LogP contribution in [0.15, 0.2) is 23.1 Å². The van der Waals surface area contributed by atoms with Gasteiger partial charge in [-0.05, 0) is 38.5 Å². The number of hydrogen-bond donors (Lipinski definition) is 0. The Labute approximate surface area is 162 Å². The summed E-state index contributed by atoms with van der Waals surface area (Å²) in [5, 5.41) is 0. The van der Waals surface area contributed by atoms with Gasteiger partial charge in [-0.25, -0.2) is 17.7 Å². The number of rotatable bonds is 6. The molecule has 0 spiro atoms. The molecule has 0 amide bonds. The first kappa shape index (κ1) is 20.3. The highest BCUT2D eigenvalue weighted by Gasteiger charge is 2.31. The van der Waals surface area contributed by atoms with Crippen molar-refractivity contribution in [1.29, 1.82) is 0 Å². The van der Waals surface area contributed by atoms with Crippen LogP contribution in [0.5, 0.6) is 0 Å². The van der Waals surface area contributed by atoms with Crippen LogP contribution in [0, 0.1) is 0 Å². The summed E-state index contributed by atoms with van der Waals surface area (Å²) in [5.74, 6) is 0.973. The fourth-order valence-electron chi connectivity index (χ4n) is 3.48. The van der Waals surface area contributed by atoms with Gasteiger partial charge in [-0.2, -0.15) is 0 Å². The molecule has 2 aromatic rings. The monoisotopic (exact) mass is 394 g/mol. The zero-order chi connectivity index (χ0) is 19.8. The van der Waals surface area contributed by atoms with E-state index in [9.17, 15) is 8.42 Å². The van der Waals surface area contributed by atoms with E-state index in [2.05, 4.69) is 30.2 Å². The molecule has 0 aliphatic carbocycles. The highest BCUT2D eigenvalue weighted by molar-refractivity contribution is 7.89. The lowest BCUT2D eigenvalue weighted by molar-refractivity contribution is -0.0566. The SMILES string of the molecule is CCCn1c(CN2CCOCC2(C)C)nc2cc(S(=O)(=O)N(C)C)ccc21. The molecule has 1 aromatic heterocycles. The Morgan fingerprint density at radius 2 is 2.04 bits per heavy atom. The molecule has 0 unspecified atom stereocenters. The molecule has 1 aliphatic heterocycles. The van der Waals surface area contributed by atoms with Crippen molar-refractivity contribution in [3.05, 3.63) is 24.0 Å². The Kier molecular flexibility index (Phi) is 5.63. The van der Waals surface area contributed by atoms with E-state index in [1.807, 2.05) is 6.07 Å². The first-order chi connectivity index (χ1) is 12.7. The maximum Gasteiger partial charge on any atom is 0.242 e. The highest BCUT2D eigenvalue weighted by atomic mass is 32.2. The highest BCUT2D eigenvalue weighted by Crippen LogP contribution is 2.26. The molecule has 2 heterocycles. The average Bonchev–Trinajstić information content (AvgIpc) is 2.93. The summed E-state index contributed by atoms with van der Waals surface area (Å²) in [5.41, 5.74) is 1.66. The second-order valence-electron chi connectivity index (χ2n) is 7.90. The number of fused-ring (bicyclic) bond motifs is 1. The Bertz CT molecular complexity index is 918. The maximum atomic E-state index is 12.5. The predicted octanol–water partition coefficient (Wildman–Crippen LogP) is 2.31. The number of benzene rings is 1. The van der Waals surface area contributed by atoms with Gasteiger partial charge >= 0.3 is 0 Å². The zero-order valence-electron chi connectivity index (χ0n) is 16.9. The van der Waals surface area contributed by atoms with Crippen molar-refractivity contribution < 1.29 is 13.2 Å². The van der Waals surface area contributed by atoms with E-state index in [1.54, 1.807) is 26.2 Å². The average molecular weight is 395 g/mol. The summed E-state index contributed by atoms with van der Waals surface area (Å²) in [6.07, 6.45) is 0.989. The van der Waals surface area contributed by atoms with Crippen LogP contribution in [0.2, 0.25) is 0 Å². The van der Waals surface area contributed by atoms with Crippen molar-refractivity contribution in [2.45, 2.75) is 50.7 Å². The van der Waals surface area contributed by atoms with Crippen LogP contribution >= 0.6 is 0 Å². The number of sulfonamides is 1. The van der Waals surface area contributed by atoms with Gasteiger partial charge in [0.2, 0.25) is 10.0 Å². The van der Waals surface area contributed by atoms with Gasteiger partial charge in [0.25, 0.3) is 0 Å². The molecule has 0 atom stereocenters. The van der Waals surface area contributed by atoms with Gasteiger partial charge in [0.05, 0.1) is 35.7 Å². The van der Waals surface area contributed by atoms with E-state index in [4.69, 9.17) is 9.72 Å². The van der Waals surface area contributed by atoms with E-state index < -0.39 is 10.0 Å². The molecule has 0 N–H and O–H groups in total. The molecule has 0 radical (unpaired) electrons. The molecule has 150 valence electrons. The molecule has 1 fully saturated rings. The smallest absolute Gasteiger partial charge is 0.242 e. The van der Waals surface area contributed by atoms with Crippen molar-refractivity contribution in [3.8, 4) is 0 Å². The van der Waals surface area contributed by atoms with Crippen molar-refractivity contribution in [2.24, 2.45) is 0 Å². The molecule has 0 saturated carbocycles. The zero-order valence-corrected chi connectivity index (χ0v) is 17.7. The normalized spacial score (nSPS) is 18.4. The summed E-state index contributed by atoms with van der Waals surface area (Å²) < 4.78 is 34.0. The molecule has 1 aliphatic rings. The van der Waals surface area contributed by atoms with Crippen molar-refractivity contribution in [1.82, 2.24) is 18.8 Å². The molecular formula is C19H30N4O3S. The minimum atomic E-state index is -3.47. The third-order valence-corrected chi connectivity index (χ3v) is 6.98. The summed E-state index contributed by atoms with van der Waals surface area (Å²) in [7, 11) is -0.387. The van der Waals surface area contributed by atoms with E-state index >= 15 is 0 Å². The number of aryl methyl sites for hydroxylation is 1. The summed E-state index contributed by atoms with van der Waals surface area (Å²) in [6.45, 7) is 10.4. The fraction of sp³-hybridized carbons (Fsp3) is 0.632. The van der Waals surface area contributed by atoms with Crippen molar-refractivity contribution >= 4 is 21.1 Å². The maximum absolute atomic E-state index is 12.5. The first-order valence-electron chi connectivity index (χ1n) is 9.41.